The molecular weight excluding hydrogens is 473 g/mol. The van der Waals surface area contributed by atoms with Gasteiger partial charge in [-0.25, -0.2) is 17.5 Å². The maximum absolute atomic E-state index is 14.9. The van der Waals surface area contributed by atoms with Gasteiger partial charge in [0.25, 0.3) is 15.9 Å². The van der Waals surface area contributed by atoms with Gasteiger partial charge in [0.15, 0.2) is 5.43 Å². The first kappa shape index (κ1) is 24.1. The third kappa shape index (κ3) is 4.65. The first-order valence-corrected chi connectivity index (χ1v) is 12.1. The van der Waals surface area contributed by atoms with Crippen molar-refractivity contribution in [3.63, 3.8) is 0 Å². The van der Waals surface area contributed by atoms with E-state index in [1.807, 2.05) is 4.72 Å². The maximum Gasteiger partial charge on any atom is 0.264 e. The monoisotopic (exact) mass is 495 g/mol. The van der Waals surface area contributed by atoms with Crippen molar-refractivity contribution < 1.29 is 22.4 Å². The summed E-state index contributed by atoms with van der Waals surface area (Å²) in [5.41, 5.74) is -0.465. The minimum absolute atomic E-state index is 0.118. The average Bonchev–Trinajstić information content (AvgIpc) is 2.78. The molecular formula is C25H22FN3O5S. The lowest BCUT2D eigenvalue weighted by Gasteiger charge is -2.27. The average molecular weight is 496 g/mol. The molecule has 0 aliphatic carbocycles. The van der Waals surface area contributed by atoms with Crippen LogP contribution in [-0.2, 0) is 20.4 Å². The number of hydrogen-bond donors (Lipinski definition) is 3. The van der Waals surface area contributed by atoms with Crippen LogP contribution in [-0.4, -0.2) is 25.2 Å². The largest absolute Gasteiger partial charge is 0.354 e. The summed E-state index contributed by atoms with van der Waals surface area (Å²) in [5, 5.41) is 3.24. The van der Waals surface area contributed by atoms with Crippen molar-refractivity contribution in [3.8, 4) is 0 Å². The molecule has 1 heterocycles. The Bertz CT molecular complexity index is 1680. The van der Waals surface area contributed by atoms with Gasteiger partial charge in [-0.05, 0) is 55.8 Å². The van der Waals surface area contributed by atoms with E-state index >= 15 is 0 Å². The first-order valence-electron chi connectivity index (χ1n) is 10.6. The van der Waals surface area contributed by atoms with E-state index in [0.717, 1.165) is 13.0 Å². The number of hydrogen-bond acceptors (Lipinski definition) is 5. The number of aromatic amines is 1. The predicted octanol–water partition coefficient (Wildman–Crippen LogP) is 3.31. The van der Waals surface area contributed by atoms with Crippen molar-refractivity contribution in [3.05, 3.63) is 87.8 Å². The highest BCUT2D eigenvalue weighted by Crippen LogP contribution is 2.25. The van der Waals surface area contributed by atoms with E-state index in [0.29, 0.717) is 22.0 Å². The van der Waals surface area contributed by atoms with Crippen LogP contribution >= 0.6 is 0 Å². The van der Waals surface area contributed by atoms with E-state index < -0.39 is 33.2 Å². The predicted molar refractivity (Wildman–Crippen MR) is 130 cm³/mol. The van der Waals surface area contributed by atoms with Crippen molar-refractivity contribution in [2.45, 2.75) is 31.2 Å². The van der Waals surface area contributed by atoms with E-state index in [1.165, 1.54) is 24.3 Å². The van der Waals surface area contributed by atoms with Crippen LogP contribution in [0.2, 0.25) is 0 Å². The summed E-state index contributed by atoms with van der Waals surface area (Å²) in [5.74, 6) is -2.35. The van der Waals surface area contributed by atoms with Gasteiger partial charge in [0.05, 0.1) is 21.5 Å². The molecule has 0 unspecified atom stereocenters. The van der Waals surface area contributed by atoms with Crippen molar-refractivity contribution >= 4 is 43.6 Å². The molecule has 0 bridgehead atoms. The summed E-state index contributed by atoms with van der Waals surface area (Å²) < 4.78 is 41.5. The van der Waals surface area contributed by atoms with Gasteiger partial charge in [-0.3, -0.25) is 14.4 Å². The van der Waals surface area contributed by atoms with Gasteiger partial charge in [-0.2, -0.15) is 0 Å². The Morgan fingerprint density at radius 2 is 1.66 bits per heavy atom. The second kappa shape index (κ2) is 8.62. The zero-order valence-corrected chi connectivity index (χ0v) is 19.9. The van der Waals surface area contributed by atoms with Gasteiger partial charge in [0.1, 0.15) is 5.82 Å². The quantitative estimate of drug-likeness (QED) is 0.366. The third-order valence-electron chi connectivity index (χ3n) is 5.61. The summed E-state index contributed by atoms with van der Waals surface area (Å²) in [6.45, 7) is 4.34. The number of rotatable bonds is 5. The number of para-hydroxylation sites is 1. The Balaban J connectivity index is 1.70. The van der Waals surface area contributed by atoms with Crippen LogP contribution in [0.15, 0.2) is 70.4 Å². The highest BCUT2D eigenvalue weighted by Gasteiger charge is 2.27. The molecule has 0 aliphatic heterocycles. The standard InChI is InChI=1S/C25H22FN3O5S/c1-14(30)29-35(33,34)16-8-6-7-15(11-16)25(2,3)28-24(32)18-13-22-19(12-20(18)26)23(31)17-9-4-5-10-21(17)27-22/h4-13H,1-3H3,(H,27,31)(H,28,32)(H,29,30). The highest BCUT2D eigenvalue weighted by atomic mass is 32.2. The topological polar surface area (TPSA) is 125 Å². The number of sulfonamides is 1. The summed E-state index contributed by atoms with van der Waals surface area (Å²) in [4.78, 5) is 39.9. The first-order chi connectivity index (χ1) is 16.4. The van der Waals surface area contributed by atoms with Crippen molar-refractivity contribution in [2.75, 3.05) is 0 Å². The molecule has 10 heteroatoms. The zero-order valence-electron chi connectivity index (χ0n) is 19.1. The number of benzene rings is 3. The van der Waals surface area contributed by atoms with Crippen LogP contribution in [0, 0.1) is 5.82 Å². The Labute approximate surface area is 200 Å². The Hall–Kier alpha value is -4.05. The molecule has 35 heavy (non-hydrogen) atoms. The van der Waals surface area contributed by atoms with Crippen molar-refractivity contribution in [2.24, 2.45) is 0 Å². The van der Waals surface area contributed by atoms with E-state index in [2.05, 4.69) is 10.3 Å². The molecule has 4 rings (SSSR count). The van der Waals surface area contributed by atoms with Crippen LogP contribution in [0.4, 0.5) is 4.39 Å². The van der Waals surface area contributed by atoms with Crippen LogP contribution < -0.4 is 15.5 Å². The Morgan fingerprint density at radius 1 is 0.943 bits per heavy atom. The number of aromatic nitrogens is 1. The molecule has 2 amide bonds. The van der Waals surface area contributed by atoms with Gasteiger partial charge in [0.2, 0.25) is 5.91 Å². The number of carbonyl (C=O) groups is 2. The Morgan fingerprint density at radius 3 is 2.37 bits per heavy atom. The maximum atomic E-state index is 14.9. The molecule has 0 fully saturated rings. The van der Waals surface area contributed by atoms with Crippen LogP contribution in [0.3, 0.4) is 0 Å². The van der Waals surface area contributed by atoms with E-state index in [1.54, 1.807) is 44.2 Å². The molecule has 0 saturated heterocycles. The van der Waals surface area contributed by atoms with E-state index in [4.69, 9.17) is 0 Å². The lowest BCUT2D eigenvalue weighted by Crippen LogP contribution is -2.41. The fourth-order valence-electron chi connectivity index (χ4n) is 3.84. The number of pyridine rings is 1. The zero-order chi connectivity index (χ0) is 25.5. The highest BCUT2D eigenvalue weighted by molar-refractivity contribution is 7.90. The van der Waals surface area contributed by atoms with Crippen LogP contribution in [0.5, 0.6) is 0 Å². The van der Waals surface area contributed by atoms with Gasteiger partial charge in [0, 0.05) is 23.2 Å². The molecule has 8 nitrogen and oxygen atoms in total. The minimum Gasteiger partial charge on any atom is -0.354 e. The van der Waals surface area contributed by atoms with Crippen LogP contribution in [0.1, 0.15) is 36.7 Å². The molecule has 0 aliphatic rings. The number of nitrogens with one attached hydrogen (secondary N) is 3. The molecule has 0 atom stereocenters. The number of halogens is 1. The lowest BCUT2D eigenvalue weighted by molar-refractivity contribution is -0.117. The summed E-state index contributed by atoms with van der Waals surface area (Å²) in [6, 6.07) is 14.8. The van der Waals surface area contributed by atoms with Gasteiger partial charge in [-0.15, -0.1) is 0 Å². The molecule has 0 spiro atoms. The smallest absolute Gasteiger partial charge is 0.264 e. The van der Waals surface area contributed by atoms with Gasteiger partial charge < -0.3 is 10.3 Å². The number of carbonyl (C=O) groups excluding carboxylic acids is 2. The van der Waals surface area contributed by atoms with Gasteiger partial charge in [-0.1, -0.05) is 24.3 Å². The van der Waals surface area contributed by atoms with E-state index in [9.17, 15) is 27.2 Å². The minimum atomic E-state index is -4.08. The second-order valence-electron chi connectivity index (χ2n) is 8.65. The Kier molecular flexibility index (Phi) is 5.93. The summed E-state index contributed by atoms with van der Waals surface area (Å²) in [7, 11) is -4.08. The van der Waals surface area contributed by atoms with E-state index in [-0.39, 0.29) is 21.3 Å². The molecule has 4 aromatic rings. The summed E-state index contributed by atoms with van der Waals surface area (Å²) >= 11 is 0. The molecule has 1 aromatic heterocycles. The SMILES string of the molecule is CC(=O)NS(=O)(=O)c1cccc(C(C)(C)NC(=O)c2cc3[nH]c4ccccc4c(=O)c3cc2F)c1. The number of amides is 2. The summed E-state index contributed by atoms with van der Waals surface area (Å²) in [6.07, 6.45) is 0. The van der Waals surface area contributed by atoms with Crippen LogP contribution in [0.25, 0.3) is 21.8 Å². The fraction of sp³-hybridized carbons (Fsp3) is 0.160. The third-order valence-corrected chi connectivity index (χ3v) is 7.04. The molecule has 0 radical (unpaired) electrons. The fourth-order valence-corrected chi connectivity index (χ4v) is 4.88. The van der Waals surface area contributed by atoms with Crippen molar-refractivity contribution in [1.29, 1.82) is 0 Å². The molecule has 3 aromatic carbocycles. The second-order valence-corrected chi connectivity index (χ2v) is 10.3. The molecule has 180 valence electrons. The number of fused-ring (bicyclic) bond motifs is 2. The lowest BCUT2D eigenvalue weighted by atomic mass is 9.93. The molecule has 3 N–H and O–H groups in total. The van der Waals surface area contributed by atoms with Gasteiger partial charge >= 0.3 is 0 Å². The molecule has 0 saturated carbocycles. The number of H-pyrrole nitrogens is 1. The van der Waals surface area contributed by atoms with Crippen molar-refractivity contribution in [1.82, 2.24) is 15.0 Å². The normalized spacial score (nSPS) is 12.0.